The molecule has 0 saturated heterocycles. The minimum atomic E-state index is -0.253. The maximum absolute atomic E-state index is 10.2. The molecular formula is C21H36O2. The third kappa shape index (κ3) is 6.85. The first kappa shape index (κ1) is 19.9. The monoisotopic (exact) mass is 320 g/mol. The molecule has 0 saturated carbocycles. The Kier molecular flexibility index (Phi) is 6.18. The lowest BCUT2D eigenvalue weighted by Crippen LogP contribution is -2.43. The van der Waals surface area contributed by atoms with Crippen molar-refractivity contribution in [3.63, 3.8) is 0 Å². The minimum absolute atomic E-state index is 0.167. The van der Waals surface area contributed by atoms with Crippen molar-refractivity contribution in [3.8, 4) is 11.5 Å². The second-order valence-corrected chi connectivity index (χ2v) is 9.48. The van der Waals surface area contributed by atoms with Gasteiger partial charge in [-0.3, -0.25) is 0 Å². The zero-order chi connectivity index (χ0) is 17.9. The molecule has 1 aromatic carbocycles. The fourth-order valence-corrected chi connectivity index (χ4v) is 3.69. The van der Waals surface area contributed by atoms with Crippen molar-refractivity contribution in [1.29, 1.82) is 0 Å². The molecule has 0 aliphatic carbocycles. The van der Waals surface area contributed by atoms with Crippen LogP contribution in [0.25, 0.3) is 0 Å². The van der Waals surface area contributed by atoms with Gasteiger partial charge in [-0.1, -0.05) is 61.0 Å². The number of aromatic hydroxyl groups is 1. The van der Waals surface area contributed by atoms with E-state index in [0.29, 0.717) is 5.75 Å². The minimum Gasteiger partial charge on any atom is -0.504 e. The van der Waals surface area contributed by atoms with Gasteiger partial charge in [-0.15, -0.1) is 0 Å². The summed E-state index contributed by atoms with van der Waals surface area (Å²) in [6.45, 7) is 17.8. The summed E-state index contributed by atoms with van der Waals surface area (Å²) in [6, 6.07) is 5.60. The maximum Gasteiger partial charge on any atom is 0.162 e. The molecule has 0 bridgehead atoms. The molecule has 0 aromatic heterocycles. The summed E-state index contributed by atoms with van der Waals surface area (Å²) in [4.78, 5) is 0. The van der Waals surface area contributed by atoms with E-state index in [2.05, 4.69) is 48.5 Å². The van der Waals surface area contributed by atoms with Crippen LogP contribution in [0.1, 0.15) is 79.7 Å². The van der Waals surface area contributed by atoms with E-state index >= 15 is 0 Å². The summed E-state index contributed by atoms with van der Waals surface area (Å²) in [5.74, 6) is 0.853. The Hall–Kier alpha value is -1.18. The van der Waals surface area contributed by atoms with Gasteiger partial charge in [0.15, 0.2) is 11.5 Å². The van der Waals surface area contributed by atoms with Crippen LogP contribution in [-0.4, -0.2) is 10.7 Å². The van der Waals surface area contributed by atoms with Gasteiger partial charge < -0.3 is 9.84 Å². The molecule has 0 amide bonds. The van der Waals surface area contributed by atoms with Crippen LogP contribution in [0.2, 0.25) is 0 Å². The van der Waals surface area contributed by atoms with Crippen LogP contribution in [0.4, 0.5) is 0 Å². The van der Waals surface area contributed by atoms with Crippen LogP contribution in [0.5, 0.6) is 11.5 Å². The highest BCUT2D eigenvalue weighted by Crippen LogP contribution is 2.43. The second-order valence-electron chi connectivity index (χ2n) is 9.48. The predicted molar refractivity (Wildman–Crippen MR) is 99.3 cm³/mol. The van der Waals surface area contributed by atoms with Crippen LogP contribution in [0.3, 0.4) is 0 Å². The Morgan fingerprint density at radius 2 is 1.48 bits per heavy atom. The smallest absolute Gasteiger partial charge is 0.162 e. The number of hydrogen-bond donors (Lipinski definition) is 1. The molecule has 1 rings (SSSR count). The van der Waals surface area contributed by atoms with Crippen molar-refractivity contribution in [1.82, 2.24) is 0 Å². The topological polar surface area (TPSA) is 29.5 Å². The summed E-state index contributed by atoms with van der Waals surface area (Å²) in [6.07, 6.45) is 4.00. The van der Waals surface area contributed by atoms with E-state index in [1.807, 2.05) is 19.1 Å². The first-order chi connectivity index (χ1) is 10.4. The lowest BCUT2D eigenvalue weighted by molar-refractivity contribution is -0.0166. The van der Waals surface area contributed by atoms with E-state index in [9.17, 15) is 5.11 Å². The first-order valence-electron chi connectivity index (χ1n) is 8.84. The molecule has 0 aliphatic rings. The van der Waals surface area contributed by atoms with Gasteiger partial charge in [-0.05, 0) is 54.7 Å². The third-order valence-corrected chi connectivity index (χ3v) is 3.85. The second kappa shape index (κ2) is 7.15. The molecule has 0 unspecified atom stereocenters. The average molecular weight is 321 g/mol. The molecule has 0 aliphatic heterocycles. The van der Waals surface area contributed by atoms with Gasteiger partial charge >= 0.3 is 0 Å². The molecule has 0 heterocycles. The van der Waals surface area contributed by atoms with Crippen molar-refractivity contribution >= 4 is 0 Å². The van der Waals surface area contributed by atoms with Crippen LogP contribution in [-0.2, 0) is 0 Å². The Labute approximate surface area is 143 Å². The number of benzene rings is 1. The largest absolute Gasteiger partial charge is 0.504 e. The van der Waals surface area contributed by atoms with Gasteiger partial charge in [-0.25, -0.2) is 0 Å². The van der Waals surface area contributed by atoms with Gasteiger partial charge in [0, 0.05) is 0 Å². The van der Waals surface area contributed by atoms with Crippen LogP contribution in [0, 0.1) is 17.8 Å². The van der Waals surface area contributed by atoms with Crippen LogP contribution < -0.4 is 4.74 Å². The molecule has 0 spiro atoms. The fraction of sp³-hybridized carbons (Fsp3) is 0.714. The fourth-order valence-electron chi connectivity index (χ4n) is 3.69. The first-order valence-corrected chi connectivity index (χ1v) is 8.84. The number of phenols is 1. The zero-order valence-corrected chi connectivity index (χ0v) is 16.4. The molecular weight excluding hydrogens is 284 g/mol. The molecule has 0 atom stereocenters. The summed E-state index contributed by atoms with van der Waals surface area (Å²) < 4.78 is 6.56. The van der Waals surface area contributed by atoms with Crippen LogP contribution >= 0.6 is 0 Å². The van der Waals surface area contributed by atoms with Gasteiger partial charge in [0.25, 0.3) is 0 Å². The predicted octanol–water partition coefficient (Wildman–Crippen LogP) is 6.49. The van der Waals surface area contributed by atoms with Gasteiger partial charge in [0.2, 0.25) is 0 Å². The highest BCUT2D eigenvalue weighted by molar-refractivity contribution is 5.41. The highest BCUT2D eigenvalue weighted by atomic mass is 16.5. The molecule has 0 radical (unpaired) electrons. The van der Waals surface area contributed by atoms with Crippen molar-refractivity contribution in [2.24, 2.45) is 10.8 Å². The highest BCUT2D eigenvalue weighted by Gasteiger charge is 2.39. The van der Waals surface area contributed by atoms with Crippen molar-refractivity contribution in [2.45, 2.75) is 86.7 Å². The van der Waals surface area contributed by atoms with Crippen molar-refractivity contribution in [3.05, 3.63) is 23.8 Å². The number of hydrogen-bond acceptors (Lipinski definition) is 2. The maximum atomic E-state index is 10.2. The lowest BCUT2D eigenvalue weighted by atomic mass is 9.72. The molecule has 1 aromatic rings. The summed E-state index contributed by atoms with van der Waals surface area (Å²) >= 11 is 0. The number of rotatable bonds is 6. The Morgan fingerprint density at radius 1 is 0.957 bits per heavy atom. The van der Waals surface area contributed by atoms with Crippen LogP contribution in [0.15, 0.2) is 18.2 Å². The van der Waals surface area contributed by atoms with E-state index in [-0.39, 0.29) is 22.2 Å². The molecule has 1 N–H and O–H groups in total. The van der Waals surface area contributed by atoms with E-state index < -0.39 is 0 Å². The Balaban J connectivity index is 3.26. The van der Waals surface area contributed by atoms with E-state index in [4.69, 9.17) is 4.74 Å². The normalized spacial score (nSPS) is 13.2. The Bertz CT molecular complexity index is 488. The quantitative estimate of drug-likeness (QED) is 0.649. The van der Waals surface area contributed by atoms with Crippen molar-refractivity contribution in [2.75, 3.05) is 0 Å². The zero-order valence-electron chi connectivity index (χ0n) is 16.4. The standard InChI is InChI=1S/C21H36O2/c1-9-12-21(14-19(3,4)5,15-20(6,7)8)23-18-13-16(2)10-11-17(18)22/h10-11,13,22H,9,12,14-15H2,1-8H3. The Morgan fingerprint density at radius 3 is 1.91 bits per heavy atom. The van der Waals surface area contributed by atoms with E-state index in [1.54, 1.807) is 6.07 Å². The SMILES string of the molecule is CCCC(CC(C)(C)C)(CC(C)(C)C)Oc1cc(C)ccc1O. The molecule has 132 valence electrons. The summed E-state index contributed by atoms with van der Waals surface area (Å²) in [5, 5.41) is 10.2. The molecule has 0 fully saturated rings. The molecule has 2 heteroatoms. The third-order valence-electron chi connectivity index (χ3n) is 3.85. The van der Waals surface area contributed by atoms with Gasteiger partial charge in [0.05, 0.1) is 0 Å². The van der Waals surface area contributed by atoms with Crippen molar-refractivity contribution < 1.29 is 9.84 Å². The summed E-state index contributed by atoms with van der Waals surface area (Å²) in [5.41, 5.74) is 1.19. The van der Waals surface area contributed by atoms with E-state index in [1.165, 1.54) is 0 Å². The number of ether oxygens (including phenoxy) is 1. The average Bonchev–Trinajstić information content (AvgIpc) is 2.29. The number of phenolic OH excluding ortho intramolecular Hbond substituents is 1. The summed E-state index contributed by atoms with van der Waals surface area (Å²) in [7, 11) is 0. The molecule has 2 nitrogen and oxygen atoms in total. The van der Waals surface area contributed by atoms with E-state index in [0.717, 1.165) is 31.2 Å². The molecule has 23 heavy (non-hydrogen) atoms. The van der Waals surface area contributed by atoms with Gasteiger partial charge in [0.1, 0.15) is 5.60 Å². The number of aryl methyl sites for hydroxylation is 1. The van der Waals surface area contributed by atoms with Gasteiger partial charge in [-0.2, -0.15) is 0 Å². The lowest BCUT2D eigenvalue weighted by Gasteiger charge is -2.43.